The van der Waals surface area contributed by atoms with Crippen molar-refractivity contribution in [2.24, 2.45) is 5.92 Å². The van der Waals surface area contributed by atoms with Crippen LogP contribution in [-0.2, 0) is 6.54 Å². The molecule has 0 amide bonds. The number of anilines is 1. The average molecular weight is 289 g/mol. The third-order valence-electron chi connectivity index (χ3n) is 2.73. The summed E-state index contributed by atoms with van der Waals surface area (Å²) in [6.07, 6.45) is -4.22. The molecule has 0 spiro atoms. The molecule has 1 aromatic heterocycles. The molecule has 3 nitrogen and oxygen atoms in total. The topological polar surface area (TPSA) is 28.2 Å². The molecular formula is C14H22F3N3. The molecule has 1 rings (SSSR count). The monoisotopic (exact) mass is 289 g/mol. The van der Waals surface area contributed by atoms with E-state index in [1.165, 1.54) is 4.90 Å². The van der Waals surface area contributed by atoms with Crippen molar-refractivity contribution in [2.75, 3.05) is 24.5 Å². The van der Waals surface area contributed by atoms with Crippen LogP contribution in [0.4, 0.5) is 19.0 Å². The van der Waals surface area contributed by atoms with Crippen LogP contribution in [0.1, 0.15) is 26.5 Å². The van der Waals surface area contributed by atoms with Gasteiger partial charge in [0.2, 0.25) is 0 Å². The van der Waals surface area contributed by atoms with E-state index in [1.54, 1.807) is 19.1 Å². The van der Waals surface area contributed by atoms with Crippen molar-refractivity contribution in [2.45, 2.75) is 33.5 Å². The fourth-order valence-electron chi connectivity index (χ4n) is 1.80. The molecule has 1 N–H and O–H groups in total. The fourth-order valence-corrected chi connectivity index (χ4v) is 1.80. The number of alkyl halides is 3. The average Bonchev–Trinajstić information content (AvgIpc) is 2.35. The Hall–Kier alpha value is -1.30. The first kappa shape index (κ1) is 16.8. The van der Waals surface area contributed by atoms with Gasteiger partial charge in [0.25, 0.3) is 0 Å². The summed E-state index contributed by atoms with van der Waals surface area (Å²) >= 11 is 0. The molecule has 0 bridgehead atoms. The smallest absolute Gasteiger partial charge is 0.348 e. The van der Waals surface area contributed by atoms with Crippen molar-refractivity contribution >= 4 is 5.82 Å². The van der Waals surface area contributed by atoms with Crippen molar-refractivity contribution in [3.63, 3.8) is 0 Å². The molecular weight excluding hydrogens is 267 g/mol. The maximum Gasteiger partial charge on any atom is 0.405 e. The first-order chi connectivity index (χ1) is 9.31. The van der Waals surface area contributed by atoms with E-state index < -0.39 is 12.7 Å². The summed E-state index contributed by atoms with van der Waals surface area (Å²) < 4.78 is 37.5. The molecule has 0 saturated carbocycles. The minimum Gasteiger partial charge on any atom is -0.348 e. The Balaban J connectivity index is 2.70. The lowest BCUT2D eigenvalue weighted by atomic mass is 10.2. The zero-order valence-electron chi connectivity index (χ0n) is 12.2. The van der Waals surface area contributed by atoms with Crippen LogP contribution < -0.4 is 10.2 Å². The maximum atomic E-state index is 12.5. The molecule has 0 aliphatic heterocycles. The van der Waals surface area contributed by atoms with Gasteiger partial charge in [0, 0.05) is 13.1 Å². The predicted octanol–water partition coefficient (Wildman–Crippen LogP) is 3.22. The van der Waals surface area contributed by atoms with Gasteiger partial charge in [0.15, 0.2) is 0 Å². The van der Waals surface area contributed by atoms with Crippen LogP contribution in [0.5, 0.6) is 0 Å². The summed E-state index contributed by atoms with van der Waals surface area (Å²) in [6, 6.07) is 5.17. The number of halogens is 3. The highest BCUT2D eigenvalue weighted by molar-refractivity contribution is 5.39. The van der Waals surface area contributed by atoms with Gasteiger partial charge in [-0.15, -0.1) is 0 Å². The number of pyridine rings is 1. The van der Waals surface area contributed by atoms with Gasteiger partial charge in [0.1, 0.15) is 12.4 Å². The Morgan fingerprint density at radius 1 is 1.30 bits per heavy atom. The molecule has 0 aromatic carbocycles. The van der Waals surface area contributed by atoms with Gasteiger partial charge >= 0.3 is 6.18 Å². The van der Waals surface area contributed by atoms with Crippen LogP contribution in [-0.4, -0.2) is 30.8 Å². The van der Waals surface area contributed by atoms with Crippen molar-refractivity contribution in [1.82, 2.24) is 10.3 Å². The molecule has 114 valence electrons. The quantitative estimate of drug-likeness (QED) is 0.835. The van der Waals surface area contributed by atoms with Gasteiger partial charge in [-0.25, -0.2) is 4.98 Å². The highest BCUT2D eigenvalue weighted by Gasteiger charge is 2.30. The Morgan fingerprint density at radius 3 is 2.55 bits per heavy atom. The standard InChI is InChI=1S/C14H22F3N3/c1-4-20(10-14(15,16)17)13-7-5-6-12(19-13)9-18-8-11(2)3/h5-7,11,18H,4,8-10H2,1-3H3. The number of rotatable bonds is 7. The molecule has 0 radical (unpaired) electrons. The van der Waals surface area contributed by atoms with Gasteiger partial charge in [-0.05, 0) is 31.5 Å². The summed E-state index contributed by atoms with van der Waals surface area (Å²) in [6.45, 7) is 6.60. The van der Waals surface area contributed by atoms with E-state index in [2.05, 4.69) is 24.1 Å². The number of hydrogen-bond acceptors (Lipinski definition) is 3. The molecule has 0 saturated heterocycles. The van der Waals surface area contributed by atoms with Crippen LogP contribution in [0, 0.1) is 5.92 Å². The number of hydrogen-bond donors (Lipinski definition) is 1. The molecule has 0 fully saturated rings. The Labute approximate surface area is 118 Å². The summed E-state index contributed by atoms with van der Waals surface area (Å²) in [5.74, 6) is 0.893. The van der Waals surface area contributed by atoms with E-state index in [0.29, 0.717) is 18.3 Å². The second kappa shape index (κ2) is 7.47. The molecule has 20 heavy (non-hydrogen) atoms. The van der Waals surface area contributed by atoms with E-state index in [9.17, 15) is 13.2 Å². The summed E-state index contributed by atoms with van der Waals surface area (Å²) in [5.41, 5.74) is 0.753. The maximum absolute atomic E-state index is 12.5. The van der Waals surface area contributed by atoms with E-state index in [-0.39, 0.29) is 6.54 Å². The zero-order valence-corrected chi connectivity index (χ0v) is 12.2. The van der Waals surface area contributed by atoms with Gasteiger partial charge in [-0.3, -0.25) is 0 Å². The summed E-state index contributed by atoms with van der Waals surface area (Å²) in [4.78, 5) is 5.52. The third kappa shape index (κ3) is 6.23. The van der Waals surface area contributed by atoms with Gasteiger partial charge in [-0.2, -0.15) is 13.2 Å². The van der Waals surface area contributed by atoms with Crippen LogP contribution in [0.15, 0.2) is 18.2 Å². The molecule has 6 heteroatoms. The molecule has 0 aliphatic rings. The molecule has 0 aliphatic carbocycles. The van der Waals surface area contributed by atoms with E-state index in [1.807, 2.05) is 6.07 Å². The lowest BCUT2D eigenvalue weighted by molar-refractivity contribution is -0.119. The molecule has 1 aromatic rings. The molecule has 0 unspecified atom stereocenters. The highest BCUT2D eigenvalue weighted by Crippen LogP contribution is 2.20. The Kier molecular flexibility index (Phi) is 6.26. The predicted molar refractivity (Wildman–Crippen MR) is 74.7 cm³/mol. The van der Waals surface area contributed by atoms with Crippen LogP contribution in [0.25, 0.3) is 0 Å². The fraction of sp³-hybridized carbons (Fsp3) is 0.643. The van der Waals surface area contributed by atoms with Crippen molar-refractivity contribution < 1.29 is 13.2 Å². The van der Waals surface area contributed by atoms with Crippen LogP contribution in [0.3, 0.4) is 0 Å². The largest absolute Gasteiger partial charge is 0.405 e. The normalized spacial score (nSPS) is 11.9. The zero-order chi connectivity index (χ0) is 15.2. The molecule has 0 atom stereocenters. The van der Waals surface area contributed by atoms with Crippen molar-refractivity contribution in [3.05, 3.63) is 23.9 Å². The van der Waals surface area contributed by atoms with Crippen LogP contribution in [0.2, 0.25) is 0 Å². The minimum atomic E-state index is -4.22. The van der Waals surface area contributed by atoms with Gasteiger partial charge in [0.05, 0.1) is 5.69 Å². The van der Waals surface area contributed by atoms with E-state index in [4.69, 9.17) is 0 Å². The molecule has 1 heterocycles. The van der Waals surface area contributed by atoms with Crippen molar-refractivity contribution in [3.8, 4) is 0 Å². The Morgan fingerprint density at radius 2 is 2.00 bits per heavy atom. The van der Waals surface area contributed by atoms with Crippen LogP contribution >= 0.6 is 0 Å². The highest BCUT2D eigenvalue weighted by atomic mass is 19.4. The van der Waals surface area contributed by atoms with E-state index >= 15 is 0 Å². The summed E-state index contributed by atoms with van der Waals surface area (Å²) in [5, 5.41) is 3.23. The summed E-state index contributed by atoms with van der Waals surface area (Å²) in [7, 11) is 0. The minimum absolute atomic E-state index is 0.273. The number of nitrogens with one attached hydrogen (secondary N) is 1. The second-order valence-electron chi connectivity index (χ2n) is 5.14. The lowest BCUT2D eigenvalue weighted by Crippen LogP contribution is -2.34. The first-order valence-corrected chi connectivity index (χ1v) is 6.80. The second-order valence-corrected chi connectivity index (χ2v) is 5.14. The van der Waals surface area contributed by atoms with Gasteiger partial charge in [-0.1, -0.05) is 19.9 Å². The number of nitrogens with zero attached hydrogens (tertiary/aromatic N) is 2. The van der Waals surface area contributed by atoms with Crippen molar-refractivity contribution in [1.29, 1.82) is 0 Å². The van der Waals surface area contributed by atoms with E-state index in [0.717, 1.165) is 12.2 Å². The SMILES string of the molecule is CCN(CC(F)(F)F)c1cccc(CNCC(C)C)n1. The first-order valence-electron chi connectivity index (χ1n) is 6.80. The third-order valence-corrected chi connectivity index (χ3v) is 2.73. The van der Waals surface area contributed by atoms with Gasteiger partial charge < -0.3 is 10.2 Å². The Bertz CT molecular complexity index is 405. The lowest BCUT2D eigenvalue weighted by Gasteiger charge is -2.23. The number of aromatic nitrogens is 1.